The predicted molar refractivity (Wildman–Crippen MR) is 113 cm³/mol. The molecule has 1 aliphatic heterocycles. The molecule has 1 N–H and O–H groups in total. The highest BCUT2D eigenvalue weighted by Crippen LogP contribution is 2.42. The van der Waals surface area contributed by atoms with Crippen molar-refractivity contribution in [2.45, 2.75) is 51.3 Å². The van der Waals surface area contributed by atoms with Gasteiger partial charge in [-0.15, -0.1) is 0 Å². The largest absolute Gasteiger partial charge is 0.487 e. The Morgan fingerprint density at radius 3 is 2.62 bits per heavy atom. The summed E-state index contributed by atoms with van der Waals surface area (Å²) in [6, 6.07) is 15.7. The molecule has 0 fully saturated rings. The lowest BCUT2D eigenvalue weighted by atomic mass is 9.83. The van der Waals surface area contributed by atoms with E-state index in [4.69, 9.17) is 4.74 Å². The fourth-order valence-corrected chi connectivity index (χ4v) is 4.02. The van der Waals surface area contributed by atoms with E-state index in [0.29, 0.717) is 5.56 Å². The molecule has 4 rings (SSSR count). The molecule has 0 spiro atoms. The van der Waals surface area contributed by atoms with Gasteiger partial charge in [-0.25, -0.2) is 4.98 Å². The lowest BCUT2D eigenvalue weighted by molar-refractivity contribution is 0.0227. The van der Waals surface area contributed by atoms with E-state index in [1.165, 1.54) is 0 Å². The number of fused-ring (bicyclic) bond motifs is 1. The van der Waals surface area contributed by atoms with Crippen molar-refractivity contribution >= 4 is 5.91 Å². The van der Waals surface area contributed by atoms with Crippen molar-refractivity contribution in [2.75, 3.05) is 0 Å². The maximum absolute atomic E-state index is 13.0. The normalized spacial score (nSPS) is 17.2. The molecule has 0 saturated carbocycles. The number of rotatable bonds is 6. The molecule has 1 amide bonds. The van der Waals surface area contributed by atoms with Gasteiger partial charge in [0.1, 0.15) is 11.4 Å². The molecule has 0 unspecified atom stereocenters. The zero-order chi connectivity index (χ0) is 20.3. The van der Waals surface area contributed by atoms with Crippen LogP contribution in [0.1, 0.15) is 60.6 Å². The number of imidazole rings is 1. The summed E-state index contributed by atoms with van der Waals surface area (Å²) in [6.07, 6.45) is 8.08. The molecule has 0 aliphatic carbocycles. The molecule has 1 aromatic heterocycles. The van der Waals surface area contributed by atoms with Gasteiger partial charge in [0.05, 0.1) is 12.4 Å². The van der Waals surface area contributed by atoms with Crippen molar-refractivity contribution in [3.05, 3.63) is 83.9 Å². The summed E-state index contributed by atoms with van der Waals surface area (Å²) < 4.78 is 8.35. The number of nitrogens with one attached hydrogen (secondary N) is 1. The third kappa shape index (κ3) is 4.04. The Kier molecular flexibility index (Phi) is 5.38. The van der Waals surface area contributed by atoms with Crippen LogP contribution in [-0.4, -0.2) is 21.1 Å². The zero-order valence-corrected chi connectivity index (χ0v) is 17.0. The number of hydrogen-bond acceptors (Lipinski definition) is 3. The van der Waals surface area contributed by atoms with Gasteiger partial charge in [0.15, 0.2) is 0 Å². The van der Waals surface area contributed by atoms with E-state index in [1.54, 1.807) is 12.5 Å². The molecule has 3 aromatic rings. The average Bonchev–Trinajstić information content (AvgIpc) is 3.27. The second-order valence-electron chi connectivity index (χ2n) is 7.69. The quantitative estimate of drug-likeness (QED) is 0.662. The van der Waals surface area contributed by atoms with Crippen LogP contribution in [0.25, 0.3) is 0 Å². The second kappa shape index (κ2) is 8.11. The lowest BCUT2D eigenvalue weighted by Gasteiger charge is -2.41. The standard InChI is InChI=1S/C24H27N3O2/c1-3-24(4-2)15-21(20-7-5-6-8-22(20)29-24)26-23(28)19-11-9-18(10-12-19)16-27-14-13-25-17-27/h5-14,17,21H,3-4,15-16H2,1-2H3,(H,26,28)/t21-/m0/s1. The number of benzene rings is 2. The van der Waals surface area contributed by atoms with E-state index in [0.717, 1.165) is 42.7 Å². The molecular weight excluding hydrogens is 362 g/mol. The molecule has 0 bridgehead atoms. The molecule has 2 heterocycles. The SMILES string of the molecule is CCC1(CC)C[C@H](NC(=O)c2ccc(Cn3ccnc3)cc2)c2ccccc2O1. The Labute approximate surface area is 171 Å². The molecule has 150 valence electrons. The second-order valence-corrected chi connectivity index (χ2v) is 7.69. The van der Waals surface area contributed by atoms with Crippen molar-refractivity contribution in [3.8, 4) is 5.75 Å². The smallest absolute Gasteiger partial charge is 0.251 e. The minimum absolute atomic E-state index is 0.0537. The maximum atomic E-state index is 13.0. The highest BCUT2D eigenvalue weighted by Gasteiger charge is 2.38. The van der Waals surface area contributed by atoms with Crippen LogP contribution in [0.3, 0.4) is 0 Å². The van der Waals surface area contributed by atoms with Crippen LogP contribution in [0, 0.1) is 0 Å². The minimum atomic E-state index is -0.235. The molecule has 5 nitrogen and oxygen atoms in total. The topological polar surface area (TPSA) is 56.2 Å². The third-order valence-corrected chi connectivity index (χ3v) is 5.93. The molecule has 2 aromatic carbocycles. The van der Waals surface area contributed by atoms with E-state index in [-0.39, 0.29) is 17.6 Å². The Bertz CT molecular complexity index is 960. The summed E-state index contributed by atoms with van der Waals surface area (Å²) in [5.74, 6) is 0.824. The number of carbonyl (C=O) groups excluding carboxylic acids is 1. The van der Waals surface area contributed by atoms with E-state index in [1.807, 2.05) is 59.3 Å². The fourth-order valence-electron chi connectivity index (χ4n) is 4.02. The highest BCUT2D eigenvalue weighted by molar-refractivity contribution is 5.94. The van der Waals surface area contributed by atoms with Crippen LogP contribution < -0.4 is 10.1 Å². The number of ether oxygens (including phenoxy) is 1. The summed E-state index contributed by atoms with van der Waals surface area (Å²) >= 11 is 0. The first-order valence-corrected chi connectivity index (χ1v) is 10.3. The first-order chi connectivity index (χ1) is 14.1. The van der Waals surface area contributed by atoms with Gasteiger partial charge in [-0.1, -0.05) is 44.2 Å². The Morgan fingerprint density at radius 2 is 1.93 bits per heavy atom. The Morgan fingerprint density at radius 1 is 1.17 bits per heavy atom. The summed E-state index contributed by atoms with van der Waals surface area (Å²) in [5, 5.41) is 3.25. The molecular formula is C24H27N3O2. The van der Waals surface area contributed by atoms with Crippen LogP contribution >= 0.6 is 0 Å². The van der Waals surface area contributed by atoms with E-state index in [9.17, 15) is 4.79 Å². The molecule has 0 radical (unpaired) electrons. The predicted octanol–water partition coefficient (Wildman–Crippen LogP) is 4.74. The summed E-state index contributed by atoms with van der Waals surface area (Å²) in [4.78, 5) is 17.0. The number of aromatic nitrogens is 2. The molecule has 1 atom stereocenters. The number of hydrogen-bond donors (Lipinski definition) is 1. The summed E-state index contributed by atoms with van der Waals surface area (Å²) in [5.41, 5.74) is 2.62. The molecule has 1 aliphatic rings. The van der Waals surface area contributed by atoms with E-state index in [2.05, 4.69) is 24.1 Å². The fraction of sp³-hybridized carbons (Fsp3) is 0.333. The number of amides is 1. The van der Waals surface area contributed by atoms with Crippen LogP contribution in [0.5, 0.6) is 5.75 Å². The number of carbonyl (C=O) groups is 1. The van der Waals surface area contributed by atoms with E-state index >= 15 is 0 Å². The van der Waals surface area contributed by atoms with Gasteiger partial charge in [0.25, 0.3) is 5.91 Å². The first-order valence-electron chi connectivity index (χ1n) is 10.3. The lowest BCUT2D eigenvalue weighted by Crippen LogP contribution is -2.44. The van der Waals surface area contributed by atoms with Gasteiger partial charge in [-0.3, -0.25) is 4.79 Å². The van der Waals surface area contributed by atoms with Gasteiger partial charge in [0, 0.05) is 36.5 Å². The van der Waals surface area contributed by atoms with Gasteiger partial charge < -0.3 is 14.6 Å². The van der Waals surface area contributed by atoms with Crippen LogP contribution in [0.15, 0.2) is 67.3 Å². The van der Waals surface area contributed by atoms with Gasteiger partial charge in [-0.05, 0) is 36.6 Å². The monoisotopic (exact) mass is 389 g/mol. The highest BCUT2D eigenvalue weighted by atomic mass is 16.5. The van der Waals surface area contributed by atoms with Crippen molar-refractivity contribution in [1.29, 1.82) is 0 Å². The van der Waals surface area contributed by atoms with Crippen LogP contribution in [0.4, 0.5) is 0 Å². The summed E-state index contributed by atoms with van der Waals surface area (Å²) in [7, 11) is 0. The number of nitrogens with zero attached hydrogens (tertiary/aromatic N) is 2. The first kappa shape index (κ1) is 19.2. The summed E-state index contributed by atoms with van der Waals surface area (Å²) in [6.45, 7) is 5.04. The van der Waals surface area contributed by atoms with Crippen LogP contribution in [0.2, 0.25) is 0 Å². The molecule has 0 saturated heterocycles. The van der Waals surface area contributed by atoms with Crippen molar-refractivity contribution < 1.29 is 9.53 Å². The minimum Gasteiger partial charge on any atom is -0.487 e. The van der Waals surface area contributed by atoms with Crippen LogP contribution in [-0.2, 0) is 6.54 Å². The van der Waals surface area contributed by atoms with E-state index < -0.39 is 0 Å². The molecule has 29 heavy (non-hydrogen) atoms. The Balaban J connectivity index is 1.51. The third-order valence-electron chi connectivity index (χ3n) is 5.93. The van der Waals surface area contributed by atoms with Gasteiger partial charge >= 0.3 is 0 Å². The van der Waals surface area contributed by atoms with Crippen molar-refractivity contribution in [3.63, 3.8) is 0 Å². The van der Waals surface area contributed by atoms with Gasteiger partial charge in [0.2, 0.25) is 0 Å². The van der Waals surface area contributed by atoms with Gasteiger partial charge in [-0.2, -0.15) is 0 Å². The maximum Gasteiger partial charge on any atom is 0.251 e. The van der Waals surface area contributed by atoms with Crippen molar-refractivity contribution in [2.24, 2.45) is 0 Å². The Hall–Kier alpha value is -3.08. The van der Waals surface area contributed by atoms with Crippen molar-refractivity contribution in [1.82, 2.24) is 14.9 Å². The number of para-hydroxylation sites is 1. The molecule has 5 heteroatoms. The zero-order valence-electron chi connectivity index (χ0n) is 17.0. The average molecular weight is 389 g/mol.